The maximum absolute atomic E-state index is 12.9. The number of phosphoric acid groups is 1. The summed E-state index contributed by atoms with van der Waals surface area (Å²) in [5.74, 6) is -0.208. The summed E-state index contributed by atoms with van der Waals surface area (Å²) in [6.45, 7) is 4.63. The summed E-state index contributed by atoms with van der Waals surface area (Å²) in [6, 6.07) is -0.906. The molecule has 0 spiro atoms. The molecule has 1 amide bonds. The number of hydrogen-bond acceptors (Lipinski definition) is 6. The molecule has 63 heavy (non-hydrogen) atoms. The third kappa shape index (κ3) is 48.5. The normalized spacial score (nSPS) is 14.3. The summed E-state index contributed by atoms with van der Waals surface area (Å²) in [6.07, 6.45) is 57.9. The lowest BCUT2D eigenvalue weighted by Gasteiger charge is -2.29. The predicted molar refractivity (Wildman–Crippen MR) is 270 cm³/mol. The molecule has 8 nitrogen and oxygen atoms in total. The lowest BCUT2D eigenvalue weighted by Crippen LogP contribution is -2.45. The Bertz CT molecular complexity index is 1120. The van der Waals surface area contributed by atoms with E-state index in [1.165, 1.54) is 186 Å². The van der Waals surface area contributed by atoms with Crippen molar-refractivity contribution in [3.05, 3.63) is 36.5 Å². The highest BCUT2D eigenvalue weighted by Gasteiger charge is 2.23. The Labute approximate surface area is 391 Å². The SMILES string of the molecule is CCCCCCC/C=C/CC/C=C/CC/C=C/C(O)C(COP(=O)([O-])OCC[N+](C)(C)C)NC(=O)CCCCCCCCCCCCCCCCCCCCCCCCCCCC. The molecule has 0 aromatic carbocycles. The van der Waals surface area contributed by atoms with Gasteiger partial charge in [-0.1, -0.05) is 237 Å². The number of likely N-dealkylation sites (N-methyl/N-ethyl adjacent to an activating group) is 1. The topological polar surface area (TPSA) is 108 Å². The van der Waals surface area contributed by atoms with Gasteiger partial charge < -0.3 is 28.8 Å². The van der Waals surface area contributed by atoms with Crippen LogP contribution in [-0.4, -0.2) is 68.5 Å². The minimum absolute atomic E-state index is 0.00764. The van der Waals surface area contributed by atoms with E-state index < -0.39 is 26.6 Å². The van der Waals surface area contributed by atoms with Crippen LogP contribution in [0.5, 0.6) is 0 Å². The lowest BCUT2D eigenvalue weighted by atomic mass is 10.0. The number of unbranched alkanes of at least 4 members (excludes halogenated alkanes) is 32. The molecule has 0 fully saturated rings. The number of phosphoric ester groups is 1. The maximum Gasteiger partial charge on any atom is 0.268 e. The number of nitrogens with one attached hydrogen (secondary N) is 1. The van der Waals surface area contributed by atoms with E-state index in [1.807, 2.05) is 27.2 Å². The molecule has 3 atom stereocenters. The Hall–Kier alpha value is -1.28. The second-order valence-electron chi connectivity index (χ2n) is 19.6. The Morgan fingerprint density at radius 1 is 0.540 bits per heavy atom. The molecule has 0 heterocycles. The number of rotatable bonds is 49. The van der Waals surface area contributed by atoms with Crippen molar-refractivity contribution < 1.29 is 32.9 Å². The summed E-state index contributed by atoms with van der Waals surface area (Å²) >= 11 is 0. The number of hydrogen-bond donors (Lipinski definition) is 2. The van der Waals surface area contributed by atoms with Crippen LogP contribution in [0.1, 0.15) is 251 Å². The van der Waals surface area contributed by atoms with E-state index in [0.717, 1.165) is 44.9 Å². The van der Waals surface area contributed by atoms with Gasteiger partial charge in [0.25, 0.3) is 7.82 Å². The number of aliphatic hydroxyl groups is 1. The largest absolute Gasteiger partial charge is 0.756 e. The van der Waals surface area contributed by atoms with Crippen LogP contribution in [0.25, 0.3) is 0 Å². The molecular weight excluding hydrogens is 804 g/mol. The summed E-state index contributed by atoms with van der Waals surface area (Å²) in [5, 5.41) is 13.8. The van der Waals surface area contributed by atoms with Crippen LogP contribution in [0.4, 0.5) is 0 Å². The van der Waals surface area contributed by atoms with Gasteiger partial charge in [-0.3, -0.25) is 9.36 Å². The van der Waals surface area contributed by atoms with Crippen LogP contribution in [-0.2, 0) is 18.4 Å². The molecule has 0 radical (unpaired) electrons. The number of carbonyl (C=O) groups is 1. The van der Waals surface area contributed by atoms with Crippen molar-refractivity contribution >= 4 is 13.7 Å². The zero-order chi connectivity index (χ0) is 46.4. The molecule has 0 aromatic heterocycles. The van der Waals surface area contributed by atoms with E-state index in [0.29, 0.717) is 17.4 Å². The van der Waals surface area contributed by atoms with Gasteiger partial charge in [-0.25, -0.2) is 0 Å². The van der Waals surface area contributed by atoms with Gasteiger partial charge in [0.1, 0.15) is 13.2 Å². The summed E-state index contributed by atoms with van der Waals surface area (Å²) in [4.78, 5) is 25.4. The molecule has 0 bridgehead atoms. The monoisotopic (exact) mass is 909 g/mol. The minimum atomic E-state index is -4.60. The zero-order valence-corrected chi connectivity index (χ0v) is 43.2. The molecule has 0 aliphatic carbocycles. The van der Waals surface area contributed by atoms with E-state index in [4.69, 9.17) is 9.05 Å². The van der Waals surface area contributed by atoms with Crippen LogP contribution in [0, 0.1) is 0 Å². The quantitative estimate of drug-likeness (QED) is 0.0272. The van der Waals surface area contributed by atoms with Crippen molar-refractivity contribution in [1.82, 2.24) is 5.32 Å². The first-order valence-electron chi connectivity index (χ1n) is 26.9. The van der Waals surface area contributed by atoms with Crippen molar-refractivity contribution in [3.63, 3.8) is 0 Å². The highest BCUT2D eigenvalue weighted by atomic mass is 31.2. The van der Waals surface area contributed by atoms with Crippen molar-refractivity contribution in [3.8, 4) is 0 Å². The maximum atomic E-state index is 12.9. The Balaban J connectivity index is 4.20. The molecule has 0 rings (SSSR count). The van der Waals surface area contributed by atoms with Gasteiger partial charge in [0, 0.05) is 6.42 Å². The van der Waals surface area contributed by atoms with E-state index in [9.17, 15) is 19.4 Å². The van der Waals surface area contributed by atoms with Crippen LogP contribution in [0.15, 0.2) is 36.5 Å². The molecule has 0 aliphatic rings. The van der Waals surface area contributed by atoms with Gasteiger partial charge in [0.05, 0.1) is 39.9 Å². The van der Waals surface area contributed by atoms with E-state index in [1.54, 1.807) is 6.08 Å². The summed E-state index contributed by atoms with van der Waals surface area (Å²) in [7, 11) is 1.24. The fourth-order valence-electron chi connectivity index (χ4n) is 7.83. The summed E-state index contributed by atoms with van der Waals surface area (Å²) < 4.78 is 23.3. The highest BCUT2D eigenvalue weighted by molar-refractivity contribution is 7.45. The molecule has 0 aromatic rings. The van der Waals surface area contributed by atoms with Crippen LogP contribution in [0.3, 0.4) is 0 Å². The smallest absolute Gasteiger partial charge is 0.268 e. The molecular formula is C54H105N2O6P. The Morgan fingerprint density at radius 3 is 1.29 bits per heavy atom. The standard InChI is InChI=1S/C54H105N2O6P/c1-6-8-10-12-14-16-18-20-22-23-24-25-26-27-28-29-30-31-32-34-36-38-40-42-44-46-48-54(58)55-52(51-62-63(59,60)61-50-49-56(3,4)5)53(57)47-45-43-41-39-37-35-33-21-19-17-15-13-11-9-7-2/h19,21,37,39,45,47,52-53,57H,6-18,20,22-36,38,40-44,46,48-51H2,1-5H3,(H-,55,58,59,60)/b21-19+,39-37+,47-45+. The fraction of sp³-hybridized carbons (Fsp3) is 0.870. The van der Waals surface area contributed by atoms with Crippen LogP contribution >= 0.6 is 7.82 Å². The molecule has 3 unspecified atom stereocenters. The van der Waals surface area contributed by atoms with E-state index >= 15 is 0 Å². The van der Waals surface area contributed by atoms with E-state index in [2.05, 4.69) is 43.5 Å². The number of aliphatic hydroxyl groups excluding tert-OH is 1. The number of amides is 1. The first kappa shape index (κ1) is 61.7. The summed E-state index contributed by atoms with van der Waals surface area (Å²) in [5.41, 5.74) is 0. The molecule has 372 valence electrons. The molecule has 0 aliphatic heterocycles. The highest BCUT2D eigenvalue weighted by Crippen LogP contribution is 2.38. The van der Waals surface area contributed by atoms with Crippen molar-refractivity contribution in [1.29, 1.82) is 0 Å². The van der Waals surface area contributed by atoms with Gasteiger partial charge >= 0.3 is 0 Å². The van der Waals surface area contributed by atoms with Crippen molar-refractivity contribution in [2.75, 3.05) is 40.9 Å². The number of nitrogens with zero attached hydrogens (tertiary/aromatic N) is 1. The van der Waals surface area contributed by atoms with Gasteiger partial charge in [-0.15, -0.1) is 0 Å². The van der Waals surface area contributed by atoms with E-state index in [-0.39, 0.29) is 12.5 Å². The molecule has 9 heteroatoms. The second kappa shape index (κ2) is 45.9. The molecule has 0 saturated heterocycles. The fourth-order valence-corrected chi connectivity index (χ4v) is 8.56. The van der Waals surface area contributed by atoms with Crippen molar-refractivity contribution in [2.45, 2.75) is 264 Å². The number of quaternary nitrogens is 1. The molecule has 2 N–H and O–H groups in total. The van der Waals surface area contributed by atoms with Crippen molar-refractivity contribution in [2.24, 2.45) is 0 Å². The average Bonchev–Trinajstić information content (AvgIpc) is 3.24. The van der Waals surface area contributed by atoms with Gasteiger partial charge in [-0.05, 0) is 44.9 Å². The van der Waals surface area contributed by atoms with Crippen LogP contribution in [0.2, 0.25) is 0 Å². The first-order chi connectivity index (χ1) is 30.5. The predicted octanol–water partition coefficient (Wildman–Crippen LogP) is 15.2. The third-order valence-corrected chi connectivity index (χ3v) is 13.0. The average molecular weight is 909 g/mol. The van der Waals surface area contributed by atoms with Gasteiger partial charge in [-0.2, -0.15) is 0 Å². The Kier molecular flexibility index (Phi) is 44.9. The lowest BCUT2D eigenvalue weighted by molar-refractivity contribution is -0.870. The van der Waals surface area contributed by atoms with Gasteiger partial charge in [0.15, 0.2) is 0 Å². The first-order valence-corrected chi connectivity index (χ1v) is 28.3. The zero-order valence-electron chi connectivity index (χ0n) is 42.3. The number of carbonyl (C=O) groups excluding carboxylic acids is 1. The Morgan fingerprint density at radius 2 is 0.889 bits per heavy atom. The number of allylic oxidation sites excluding steroid dienone is 5. The second-order valence-corrected chi connectivity index (χ2v) is 21.0. The van der Waals surface area contributed by atoms with Crippen LogP contribution < -0.4 is 10.2 Å². The van der Waals surface area contributed by atoms with Gasteiger partial charge in [0.2, 0.25) is 5.91 Å². The third-order valence-electron chi connectivity index (χ3n) is 12.1. The molecule has 0 saturated carbocycles. The minimum Gasteiger partial charge on any atom is -0.756 e.